The van der Waals surface area contributed by atoms with Gasteiger partial charge in [0.2, 0.25) is 0 Å². The molecule has 2 N–H and O–H groups in total. The van der Waals surface area contributed by atoms with Gasteiger partial charge in [-0.2, -0.15) is 5.26 Å². The SMILES string of the molecule is Cc1c(CNCCCC(C)(C)CO)cc(C#N)n1C. The van der Waals surface area contributed by atoms with Crippen molar-refractivity contribution in [3.63, 3.8) is 0 Å². The summed E-state index contributed by atoms with van der Waals surface area (Å²) in [6.45, 7) is 8.14. The predicted molar refractivity (Wildman–Crippen MR) is 76.7 cm³/mol. The minimum atomic E-state index is 0.0122. The van der Waals surface area contributed by atoms with E-state index in [2.05, 4.69) is 25.2 Å². The molecule has 4 heteroatoms. The zero-order valence-electron chi connectivity index (χ0n) is 12.5. The van der Waals surface area contributed by atoms with Gasteiger partial charge in [0, 0.05) is 25.9 Å². The molecule has 0 aliphatic rings. The molecule has 1 heterocycles. The monoisotopic (exact) mass is 263 g/mol. The third-order valence-electron chi connectivity index (χ3n) is 3.71. The molecule has 1 aromatic rings. The van der Waals surface area contributed by atoms with Gasteiger partial charge < -0.3 is 15.0 Å². The predicted octanol–water partition coefficient (Wildman–Crippen LogP) is 2.09. The average molecular weight is 263 g/mol. The molecular formula is C15H25N3O. The Morgan fingerprint density at radius 1 is 1.47 bits per heavy atom. The Morgan fingerprint density at radius 3 is 2.68 bits per heavy atom. The lowest BCUT2D eigenvalue weighted by atomic mass is 9.89. The fraction of sp³-hybridized carbons (Fsp3) is 0.667. The first-order valence-corrected chi connectivity index (χ1v) is 6.78. The molecule has 4 nitrogen and oxygen atoms in total. The van der Waals surface area contributed by atoms with Gasteiger partial charge in [0.15, 0.2) is 0 Å². The minimum Gasteiger partial charge on any atom is -0.396 e. The summed E-state index contributed by atoms with van der Waals surface area (Å²) in [6, 6.07) is 4.14. The van der Waals surface area contributed by atoms with Gasteiger partial charge in [0.1, 0.15) is 11.8 Å². The van der Waals surface area contributed by atoms with E-state index in [1.807, 2.05) is 24.6 Å². The van der Waals surface area contributed by atoms with Crippen LogP contribution in [0.1, 0.15) is 43.6 Å². The van der Waals surface area contributed by atoms with Crippen LogP contribution in [0, 0.1) is 23.7 Å². The van der Waals surface area contributed by atoms with Crippen LogP contribution in [0.15, 0.2) is 6.07 Å². The van der Waals surface area contributed by atoms with E-state index in [1.54, 1.807) is 0 Å². The third kappa shape index (κ3) is 4.38. The normalized spacial score (nSPS) is 11.6. The second-order valence-electron chi connectivity index (χ2n) is 5.91. The molecule has 0 saturated heterocycles. The van der Waals surface area contributed by atoms with Crippen LogP contribution in [0.4, 0.5) is 0 Å². The summed E-state index contributed by atoms with van der Waals surface area (Å²) < 4.78 is 1.92. The van der Waals surface area contributed by atoms with Crippen molar-refractivity contribution in [3.05, 3.63) is 23.0 Å². The van der Waals surface area contributed by atoms with Gasteiger partial charge in [-0.3, -0.25) is 0 Å². The van der Waals surface area contributed by atoms with Crippen LogP contribution in [-0.2, 0) is 13.6 Å². The molecule has 0 aliphatic carbocycles. The average Bonchev–Trinajstić information content (AvgIpc) is 2.66. The maximum Gasteiger partial charge on any atom is 0.120 e. The topological polar surface area (TPSA) is 61.0 Å². The molecule has 0 spiro atoms. The number of nitrogens with zero attached hydrogens (tertiary/aromatic N) is 2. The van der Waals surface area contributed by atoms with Crippen LogP contribution >= 0.6 is 0 Å². The first-order chi connectivity index (χ1) is 8.91. The van der Waals surface area contributed by atoms with Gasteiger partial charge in [-0.15, -0.1) is 0 Å². The molecule has 0 radical (unpaired) electrons. The van der Waals surface area contributed by atoms with E-state index < -0.39 is 0 Å². The molecule has 0 unspecified atom stereocenters. The van der Waals surface area contributed by atoms with Gasteiger partial charge in [0.05, 0.1) is 0 Å². The van der Waals surface area contributed by atoms with Gasteiger partial charge in [-0.1, -0.05) is 13.8 Å². The smallest absolute Gasteiger partial charge is 0.120 e. The molecule has 0 amide bonds. The van der Waals surface area contributed by atoms with Crippen LogP contribution in [0.2, 0.25) is 0 Å². The molecule has 0 aliphatic heterocycles. The summed E-state index contributed by atoms with van der Waals surface area (Å²) in [7, 11) is 1.92. The lowest BCUT2D eigenvalue weighted by Gasteiger charge is -2.21. The van der Waals surface area contributed by atoms with Crippen LogP contribution in [0.5, 0.6) is 0 Å². The molecule has 0 saturated carbocycles. The second kappa shape index (κ2) is 6.74. The number of aliphatic hydroxyl groups is 1. The van der Waals surface area contributed by atoms with E-state index in [1.165, 1.54) is 5.56 Å². The van der Waals surface area contributed by atoms with Crippen molar-refractivity contribution in [1.29, 1.82) is 5.26 Å². The van der Waals surface area contributed by atoms with Crippen LogP contribution in [0.25, 0.3) is 0 Å². The number of rotatable bonds is 7. The second-order valence-corrected chi connectivity index (χ2v) is 5.91. The molecule has 1 rings (SSSR count). The minimum absolute atomic E-state index is 0.0122. The highest BCUT2D eigenvalue weighted by molar-refractivity contribution is 5.33. The first-order valence-electron chi connectivity index (χ1n) is 6.78. The quantitative estimate of drug-likeness (QED) is 0.741. The van der Waals surface area contributed by atoms with Gasteiger partial charge in [-0.25, -0.2) is 0 Å². The van der Waals surface area contributed by atoms with Gasteiger partial charge in [0.25, 0.3) is 0 Å². The van der Waals surface area contributed by atoms with Crippen molar-refractivity contribution >= 4 is 0 Å². The van der Waals surface area contributed by atoms with E-state index in [4.69, 9.17) is 5.26 Å². The fourth-order valence-corrected chi connectivity index (χ4v) is 2.04. The Kier molecular flexibility index (Phi) is 5.59. The van der Waals surface area contributed by atoms with E-state index in [9.17, 15) is 5.11 Å². The Hall–Kier alpha value is -1.31. The maximum absolute atomic E-state index is 9.17. The third-order valence-corrected chi connectivity index (χ3v) is 3.71. The molecule has 0 fully saturated rings. The van der Waals surface area contributed by atoms with Crippen molar-refractivity contribution in [1.82, 2.24) is 9.88 Å². The summed E-state index contributed by atoms with van der Waals surface area (Å²) in [4.78, 5) is 0. The highest BCUT2D eigenvalue weighted by Crippen LogP contribution is 2.20. The lowest BCUT2D eigenvalue weighted by Crippen LogP contribution is -2.21. The number of hydrogen-bond acceptors (Lipinski definition) is 3. The molecule has 106 valence electrons. The number of aromatic nitrogens is 1. The van der Waals surface area contributed by atoms with Crippen LogP contribution in [0.3, 0.4) is 0 Å². The molecule has 1 aromatic heterocycles. The standard InChI is InChI=1S/C15H25N3O/c1-12-13(8-14(9-16)18(12)4)10-17-7-5-6-15(2,3)11-19/h8,17,19H,5-7,10-11H2,1-4H3. The van der Waals surface area contributed by atoms with Crippen molar-refractivity contribution < 1.29 is 5.11 Å². The molecular weight excluding hydrogens is 238 g/mol. The Morgan fingerprint density at radius 2 is 2.16 bits per heavy atom. The van der Waals surface area contributed by atoms with E-state index in [0.29, 0.717) is 5.69 Å². The van der Waals surface area contributed by atoms with E-state index >= 15 is 0 Å². The zero-order valence-corrected chi connectivity index (χ0v) is 12.5. The zero-order chi connectivity index (χ0) is 14.5. The van der Waals surface area contributed by atoms with E-state index in [-0.39, 0.29) is 12.0 Å². The Balaban J connectivity index is 2.37. The molecule has 19 heavy (non-hydrogen) atoms. The summed E-state index contributed by atoms with van der Waals surface area (Å²) >= 11 is 0. The number of hydrogen-bond donors (Lipinski definition) is 2. The highest BCUT2D eigenvalue weighted by Gasteiger charge is 2.15. The molecule has 0 atom stereocenters. The number of nitrogens with one attached hydrogen (secondary N) is 1. The number of nitriles is 1. The van der Waals surface area contributed by atoms with Gasteiger partial charge in [-0.05, 0) is 43.4 Å². The fourth-order valence-electron chi connectivity index (χ4n) is 2.04. The molecule has 0 bridgehead atoms. The van der Waals surface area contributed by atoms with Crippen LogP contribution < -0.4 is 5.32 Å². The van der Waals surface area contributed by atoms with Crippen LogP contribution in [-0.4, -0.2) is 22.8 Å². The summed E-state index contributed by atoms with van der Waals surface area (Å²) in [5, 5.41) is 21.5. The molecule has 0 aromatic carbocycles. The summed E-state index contributed by atoms with van der Waals surface area (Å²) in [5.41, 5.74) is 3.04. The largest absolute Gasteiger partial charge is 0.396 e. The van der Waals surface area contributed by atoms with Crippen molar-refractivity contribution in [2.75, 3.05) is 13.2 Å². The summed E-state index contributed by atoms with van der Waals surface area (Å²) in [5.74, 6) is 0. The number of aliphatic hydroxyl groups excluding tert-OH is 1. The Labute approximate surface area is 116 Å². The van der Waals surface area contributed by atoms with Crippen molar-refractivity contribution in [2.45, 2.75) is 40.2 Å². The van der Waals surface area contributed by atoms with E-state index in [0.717, 1.165) is 31.6 Å². The van der Waals surface area contributed by atoms with Gasteiger partial charge >= 0.3 is 0 Å². The maximum atomic E-state index is 9.17. The van der Waals surface area contributed by atoms with Crippen molar-refractivity contribution in [2.24, 2.45) is 12.5 Å². The Bertz CT molecular complexity index is 455. The first kappa shape index (κ1) is 15.7. The lowest BCUT2D eigenvalue weighted by molar-refractivity contribution is 0.148. The highest BCUT2D eigenvalue weighted by atomic mass is 16.3. The summed E-state index contributed by atoms with van der Waals surface area (Å²) in [6.07, 6.45) is 2.05. The van der Waals surface area contributed by atoms with Crippen molar-refractivity contribution in [3.8, 4) is 6.07 Å².